The fraction of sp³-hybridized carbons (Fsp3) is 1.00. The van der Waals surface area contributed by atoms with Gasteiger partial charge in [-0.25, -0.2) is 0 Å². The van der Waals surface area contributed by atoms with Crippen LogP contribution in [0.2, 0.25) is 0 Å². The third-order valence-corrected chi connectivity index (χ3v) is 2.12. The first kappa shape index (κ1) is 7.98. The first-order chi connectivity index (χ1) is 4.75. The second-order valence-electron chi connectivity index (χ2n) is 2.81. The number of hydrogen-bond donors (Lipinski definition) is 2. The van der Waals surface area contributed by atoms with Crippen molar-refractivity contribution in [2.45, 2.75) is 25.6 Å². The van der Waals surface area contributed by atoms with E-state index >= 15 is 0 Å². The molecule has 3 nitrogen and oxygen atoms in total. The highest BCUT2D eigenvalue weighted by atomic mass is 16.5. The molecule has 0 aromatic carbocycles. The Morgan fingerprint density at radius 1 is 1.60 bits per heavy atom. The fourth-order valence-corrected chi connectivity index (χ4v) is 1.22. The largest absolute Gasteiger partial charge is 0.394 e. The molecule has 0 aromatic heterocycles. The summed E-state index contributed by atoms with van der Waals surface area (Å²) in [7, 11) is 0. The summed E-state index contributed by atoms with van der Waals surface area (Å²) >= 11 is 0. The standard InChI is InChI=1S/C7H14O3/c1-5-6(9)2-3-10-7(5)4-8/h5-9H,2-4H2,1H3. The molecule has 0 bridgehead atoms. The van der Waals surface area contributed by atoms with Crippen LogP contribution in [0, 0.1) is 5.92 Å². The van der Waals surface area contributed by atoms with Crippen molar-refractivity contribution in [3.05, 3.63) is 0 Å². The van der Waals surface area contributed by atoms with Crippen LogP contribution < -0.4 is 0 Å². The van der Waals surface area contributed by atoms with Crippen molar-refractivity contribution in [3.63, 3.8) is 0 Å². The summed E-state index contributed by atoms with van der Waals surface area (Å²) < 4.78 is 5.20. The number of rotatable bonds is 1. The lowest BCUT2D eigenvalue weighted by molar-refractivity contribution is -0.103. The molecule has 3 atom stereocenters. The molecule has 0 aromatic rings. The molecule has 60 valence electrons. The van der Waals surface area contributed by atoms with Gasteiger partial charge in [0.2, 0.25) is 0 Å². The predicted octanol–water partition coefficient (Wildman–Crippen LogP) is -0.235. The highest BCUT2D eigenvalue weighted by Crippen LogP contribution is 2.19. The number of hydrogen-bond acceptors (Lipinski definition) is 3. The predicted molar refractivity (Wildman–Crippen MR) is 36.6 cm³/mol. The quantitative estimate of drug-likeness (QED) is 0.537. The molecule has 2 N–H and O–H groups in total. The normalized spacial score (nSPS) is 41.7. The minimum Gasteiger partial charge on any atom is -0.394 e. The minimum atomic E-state index is -0.300. The maximum Gasteiger partial charge on any atom is 0.0855 e. The summed E-state index contributed by atoms with van der Waals surface area (Å²) in [6.07, 6.45) is 0.229. The van der Waals surface area contributed by atoms with Gasteiger partial charge in [0.1, 0.15) is 0 Å². The maximum atomic E-state index is 9.29. The Morgan fingerprint density at radius 2 is 2.30 bits per heavy atom. The smallest absolute Gasteiger partial charge is 0.0855 e. The van der Waals surface area contributed by atoms with E-state index in [0.717, 1.165) is 0 Å². The van der Waals surface area contributed by atoms with Crippen LogP contribution in [-0.2, 0) is 4.74 Å². The molecular weight excluding hydrogens is 132 g/mol. The number of aliphatic hydroxyl groups is 2. The van der Waals surface area contributed by atoms with E-state index in [1.165, 1.54) is 0 Å². The lowest BCUT2D eigenvalue weighted by Crippen LogP contribution is -2.40. The highest BCUT2D eigenvalue weighted by molar-refractivity contribution is 4.77. The molecule has 1 heterocycles. The van der Waals surface area contributed by atoms with Crippen molar-refractivity contribution >= 4 is 0 Å². The Morgan fingerprint density at radius 3 is 2.80 bits per heavy atom. The molecule has 1 rings (SSSR count). The van der Waals surface area contributed by atoms with E-state index in [1.807, 2.05) is 6.92 Å². The molecular formula is C7H14O3. The van der Waals surface area contributed by atoms with Gasteiger partial charge in [-0.05, 0) is 6.42 Å². The first-order valence-corrected chi connectivity index (χ1v) is 3.66. The third kappa shape index (κ3) is 1.48. The molecule has 1 saturated heterocycles. The molecule has 0 radical (unpaired) electrons. The second-order valence-corrected chi connectivity index (χ2v) is 2.81. The van der Waals surface area contributed by atoms with Gasteiger partial charge in [0.15, 0.2) is 0 Å². The van der Waals surface area contributed by atoms with E-state index in [0.29, 0.717) is 13.0 Å². The Hall–Kier alpha value is -0.120. The van der Waals surface area contributed by atoms with E-state index in [9.17, 15) is 5.11 Å². The summed E-state index contributed by atoms with van der Waals surface area (Å²) in [5.41, 5.74) is 0. The highest BCUT2D eigenvalue weighted by Gasteiger charge is 2.28. The van der Waals surface area contributed by atoms with Crippen LogP contribution in [0.15, 0.2) is 0 Å². The van der Waals surface area contributed by atoms with E-state index in [-0.39, 0.29) is 24.7 Å². The summed E-state index contributed by atoms with van der Waals surface area (Å²) in [5, 5.41) is 18.0. The Labute approximate surface area is 60.6 Å². The zero-order valence-corrected chi connectivity index (χ0v) is 6.16. The molecule has 0 spiro atoms. The summed E-state index contributed by atoms with van der Waals surface area (Å²) in [5.74, 6) is 0.0683. The molecule has 3 heteroatoms. The van der Waals surface area contributed by atoms with Crippen molar-refractivity contribution in [3.8, 4) is 0 Å². The average molecular weight is 146 g/mol. The van der Waals surface area contributed by atoms with Gasteiger partial charge < -0.3 is 14.9 Å². The summed E-state index contributed by atoms with van der Waals surface area (Å²) in [6, 6.07) is 0. The van der Waals surface area contributed by atoms with Crippen LogP contribution in [0.5, 0.6) is 0 Å². The Kier molecular flexibility index (Phi) is 2.65. The van der Waals surface area contributed by atoms with Crippen molar-refractivity contribution in [1.82, 2.24) is 0 Å². The van der Waals surface area contributed by atoms with Crippen LogP contribution in [-0.4, -0.2) is 35.6 Å². The van der Waals surface area contributed by atoms with Crippen LogP contribution in [0.3, 0.4) is 0 Å². The van der Waals surface area contributed by atoms with E-state index in [1.54, 1.807) is 0 Å². The van der Waals surface area contributed by atoms with Crippen molar-refractivity contribution in [2.24, 2.45) is 5.92 Å². The van der Waals surface area contributed by atoms with Gasteiger partial charge in [-0.15, -0.1) is 0 Å². The van der Waals surface area contributed by atoms with Gasteiger partial charge in [-0.2, -0.15) is 0 Å². The minimum absolute atomic E-state index is 0.0121. The zero-order valence-electron chi connectivity index (χ0n) is 6.16. The lowest BCUT2D eigenvalue weighted by Gasteiger charge is -2.31. The van der Waals surface area contributed by atoms with Gasteiger partial charge in [-0.1, -0.05) is 6.92 Å². The maximum absolute atomic E-state index is 9.29. The average Bonchev–Trinajstić information content (AvgIpc) is 1.95. The van der Waals surface area contributed by atoms with Crippen molar-refractivity contribution in [1.29, 1.82) is 0 Å². The fourth-order valence-electron chi connectivity index (χ4n) is 1.22. The summed E-state index contributed by atoms with van der Waals surface area (Å²) in [4.78, 5) is 0. The van der Waals surface area contributed by atoms with E-state index in [4.69, 9.17) is 9.84 Å². The zero-order chi connectivity index (χ0) is 7.56. The molecule has 0 amide bonds. The number of aliphatic hydroxyl groups excluding tert-OH is 2. The lowest BCUT2D eigenvalue weighted by atomic mass is 9.94. The van der Waals surface area contributed by atoms with Gasteiger partial charge in [0.25, 0.3) is 0 Å². The van der Waals surface area contributed by atoms with E-state index in [2.05, 4.69) is 0 Å². The van der Waals surface area contributed by atoms with Crippen LogP contribution in [0.1, 0.15) is 13.3 Å². The van der Waals surface area contributed by atoms with Gasteiger partial charge in [-0.3, -0.25) is 0 Å². The van der Waals surface area contributed by atoms with Gasteiger partial charge in [0.05, 0.1) is 18.8 Å². The first-order valence-electron chi connectivity index (χ1n) is 3.66. The molecule has 0 aliphatic carbocycles. The van der Waals surface area contributed by atoms with E-state index < -0.39 is 0 Å². The molecule has 0 saturated carbocycles. The molecule has 1 fully saturated rings. The Bertz CT molecular complexity index is 105. The monoisotopic (exact) mass is 146 g/mol. The van der Waals surface area contributed by atoms with Crippen LogP contribution in [0.4, 0.5) is 0 Å². The topological polar surface area (TPSA) is 49.7 Å². The van der Waals surface area contributed by atoms with Gasteiger partial charge >= 0.3 is 0 Å². The van der Waals surface area contributed by atoms with Crippen LogP contribution in [0.25, 0.3) is 0 Å². The van der Waals surface area contributed by atoms with Crippen molar-refractivity contribution < 1.29 is 14.9 Å². The molecule has 1 aliphatic heterocycles. The third-order valence-electron chi connectivity index (χ3n) is 2.12. The molecule has 3 unspecified atom stereocenters. The Balaban J connectivity index is 2.42. The second kappa shape index (κ2) is 3.32. The molecule has 10 heavy (non-hydrogen) atoms. The summed E-state index contributed by atoms with van der Waals surface area (Å²) in [6.45, 7) is 2.47. The molecule has 1 aliphatic rings. The SMILES string of the molecule is CC1C(O)CCOC1CO. The van der Waals surface area contributed by atoms with Gasteiger partial charge in [0, 0.05) is 12.5 Å². The number of ether oxygens (including phenoxy) is 1. The van der Waals surface area contributed by atoms with Crippen molar-refractivity contribution in [2.75, 3.05) is 13.2 Å². The van der Waals surface area contributed by atoms with Crippen LogP contribution >= 0.6 is 0 Å².